The molecular weight excluding hydrogens is 214 g/mol. The predicted octanol–water partition coefficient (Wildman–Crippen LogP) is 1.48. The number of benzene rings is 1. The molecule has 2 heterocycles. The van der Waals surface area contributed by atoms with E-state index in [0.29, 0.717) is 6.54 Å². The second-order valence-electron chi connectivity index (χ2n) is 4.33. The van der Waals surface area contributed by atoms with E-state index < -0.39 is 0 Å². The third-order valence-electron chi connectivity index (χ3n) is 3.12. The molecule has 0 atom stereocenters. The van der Waals surface area contributed by atoms with E-state index >= 15 is 0 Å². The maximum atomic E-state index is 5.77. The molecule has 0 aliphatic carbocycles. The molecular formula is C13H15N3O. The molecule has 1 aromatic heterocycles. The zero-order valence-electron chi connectivity index (χ0n) is 9.81. The van der Waals surface area contributed by atoms with Gasteiger partial charge in [0.1, 0.15) is 5.75 Å². The Labute approximate surface area is 100 Å². The van der Waals surface area contributed by atoms with E-state index in [2.05, 4.69) is 17.2 Å². The van der Waals surface area contributed by atoms with Crippen molar-refractivity contribution in [1.82, 2.24) is 9.78 Å². The molecule has 0 saturated carbocycles. The zero-order chi connectivity index (χ0) is 11.8. The van der Waals surface area contributed by atoms with Gasteiger partial charge < -0.3 is 10.5 Å². The average Bonchev–Trinajstić information content (AvgIpc) is 2.95. The van der Waals surface area contributed by atoms with Crippen molar-refractivity contribution < 1.29 is 4.74 Å². The maximum absolute atomic E-state index is 5.77. The van der Waals surface area contributed by atoms with Gasteiger partial charge in [0, 0.05) is 37.3 Å². The van der Waals surface area contributed by atoms with Crippen LogP contribution >= 0.6 is 0 Å². The Balaban J connectivity index is 2.12. The van der Waals surface area contributed by atoms with Gasteiger partial charge in [0.25, 0.3) is 0 Å². The van der Waals surface area contributed by atoms with Gasteiger partial charge in [-0.3, -0.25) is 4.68 Å². The molecule has 0 bridgehead atoms. The van der Waals surface area contributed by atoms with Crippen molar-refractivity contribution in [2.45, 2.75) is 13.0 Å². The summed E-state index contributed by atoms with van der Waals surface area (Å²) in [5.74, 6) is 0.986. The number of hydrogen-bond acceptors (Lipinski definition) is 3. The smallest absolute Gasteiger partial charge is 0.127 e. The van der Waals surface area contributed by atoms with Crippen LogP contribution in [0, 0.1) is 0 Å². The Bertz CT molecular complexity index is 560. The lowest BCUT2D eigenvalue weighted by Crippen LogP contribution is -1.99. The summed E-state index contributed by atoms with van der Waals surface area (Å²) < 4.78 is 7.42. The molecule has 4 nitrogen and oxygen atoms in total. The largest absolute Gasteiger partial charge is 0.493 e. The van der Waals surface area contributed by atoms with Crippen LogP contribution in [0.4, 0.5) is 0 Å². The summed E-state index contributed by atoms with van der Waals surface area (Å²) in [5, 5.41) is 4.20. The number of hydrogen-bond donors (Lipinski definition) is 1. The van der Waals surface area contributed by atoms with Crippen molar-refractivity contribution in [3.63, 3.8) is 0 Å². The molecule has 0 spiro atoms. The van der Waals surface area contributed by atoms with Gasteiger partial charge in [0.05, 0.1) is 12.8 Å². The summed E-state index contributed by atoms with van der Waals surface area (Å²) in [6.45, 7) is 1.27. The minimum atomic E-state index is 0.510. The summed E-state index contributed by atoms with van der Waals surface area (Å²) in [5.41, 5.74) is 10.4. The van der Waals surface area contributed by atoms with E-state index in [0.717, 1.165) is 29.9 Å². The van der Waals surface area contributed by atoms with Gasteiger partial charge in [-0.05, 0) is 23.3 Å². The Hall–Kier alpha value is -1.81. The molecule has 0 fully saturated rings. The highest BCUT2D eigenvalue weighted by molar-refractivity contribution is 5.67. The molecule has 0 amide bonds. The van der Waals surface area contributed by atoms with Crippen LogP contribution in [0.2, 0.25) is 0 Å². The van der Waals surface area contributed by atoms with Crippen LogP contribution in [-0.2, 0) is 20.0 Å². The molecule has 4 heteroatoms. The molecule has 0 unspecified atom stereocenters. The van der Waals surface area contributed by atoms with Gasteiger partial charge in [-0.1, -0.05) is 0 Å². The molecule has 0 saturated heterocycles. The molecule has 1 aliphatic heterocycles. The highest BCUT2D eigenvalue weighted by atomic mass is 16.5. The summed E-state index contributed by atoms with van der Waals surface area (Å²) in [6.07, 6.45) is 4.85. The summed E-state index contributed by atoms with van der Waals surface area (Å²) in [7, 11) is 1.92. The average molecular weight is 229 g/mol. The van der Waals surface area contributed by atoms with Gasteiger partial charge in [-0.2, -0.15) is 5.10 Å². The summed E-state index contributed by atoms with van der Waals surface area (Å²) in [6, 6.07) is 4.28. The quantitative estimate of drug-likeness (QED) is 0.848. The highest BCUT2D eigenvalue weighted by Gasteiger charge is 2.17. The highest BCUT2D eigenvalue weighted by Crippen LogP contribution is 2.34. The topological polar surface area (TPSA) is 53.1 Å². The number of nitrogens with zero attached hydrogens (tertiary/aromatic N) is 2. The van der Waals surface area contributed by atoms with Crippen LogP contribution in [0.3, 0.4) is 0 Å². The standard InChI is InChI=1S/C13H15N3O/c1-16-8-12(7-15-16)10-4-9-2-3-17-13(9)11(5-10)6-14/h4-5,7-8H,2-3,6,14H2,1H3. The van der Waals surface area contributed by atoms with Crippen LogP contribution in [0.15, 0.2) is 24.5 Å². The molecule has 1 aliphatic rings. The fourth-order valence-electron chi connectivity index (χ4n) is 2.28. The third kappa shape index (κ3) is 1.70. The van der Waals surface area contributed by atoms with Crippen LogP contribution in [0.25, 0.3) is 11.1 Å². The SMILES string of the molecule is Cn1cc(-c2cc(CN)c3c(c2)CCO3)cn1. The van der Waals surface area contributed by atoms with E-state index in [4.69, 9.17) is 10.5 Å². The van der Waals surface area contributed by atoms with Crippen molar-refractivity contribution in [3.05, 3.63) is 35.7 Å². The predicted molar refractivity (Wildman–Crippen MR) is 65.7 cm³/mol. The first kappa shape index (κ1) is 10.4. The number of fused-ring (bicyclic) bond motifs is 1. The first-order chi connectivity index (χ1) is 8.28. The Kier molecular flexibility index (Phi) is 2.37. The maximum Gasteiger partial charge on any atom is 0.127 e. The summed E-state index contributed by atoms with van der Waals surface area (Å²) in [4.78, 5) is 0. The van der Waals surface area contributed by atoms with Crippen molar-refractivity contribution in [3.8, 4) is 16.9 Å². The first-order valence-electron chi connectivity index (χ1n) is 5.75. The lowest BCUT2D eigenvalue weighted by Gasteiger charge is -2.08. The number of ether oxygens (including phenoxy) is 1. The number of nitrogens with two attached hydrogens (primary N) is 1. The zero-order valence-corrected chi connectivity index (χ0v) is 9.81. The van der Waals surface area contributed by atoms with Gasteiger partial charge in [0.15, 0.2) is 0 Å². The van der Waals surface area contributed by atoms with Gasteiger partial charge >= 0.3 is 0 Å². The van der Waals surface area contributed by atoms with Crippen LogP contribution in [0.5, 0.6) is 5.75 Å². The van der Waals surface area contributed by atoms with Crippen LogP contribution in [0.1, 0.15) is 11.1 Å². The molecule has 0 radical (unpaired) electrons. The minimum absolute atomic E-state index is 0.510. The fraction of sp³-hybridized carbons (Fsp3) is 0.308. The van der Waals surface area contributed by atoms with Crippen LogP contribution in [-0.4, -0.2) is 16.4 Å². The number of aryl methyl sites for hydroxylation is 1. The third-order valence-corrected chi connectivity index (χ3v) is 3.12. The Morgan fingerprint density at radius 1 is 1.41 bits per heavy atom. The van der Waals surface area contributed by atoms with Gasteiger partial charge in [-0.15, -0.1) is 0 Å². The van der Waals surface area contributed by atoms with Crippen molar-refractivity contribution >= 4 is 0 Å². The second-order valence-corrected chi connectivity index (χ2v) is 4.33. The lowest BCUT2D eigenvalue weighted by atomic mass is 10.0. The molecule has 3 rings (SSSR count). The first-order valence-corrected chi connectivity index (χ1v) is 5.75. The summed E-state index contributed by atoms with van der Waals surface area (Å²) >= 11 is 0. The fourth-order valence-corrected chi connectivity index (χ4v) is 2.28. The molecule has 17 heavy (non-hydrogen) atoms. The van der Waals surface area contributed by atoms with E-state index in [1.54, 1.807) is 4.68 Å². The van der Waals surface area contributed by atoms with E-state index in [-0.39, 0.29) is 0 Å². The minimum Gasteiger partial charge on any atom is -0.493 e. The van der Waals surface area contributed by atoms with Crippen LogP contribution < -0.4 is 10.5 Å². The molecule has 2 N–H and O–H groups in total. The van der Waals surface area contributed by atoms with E-state index in [9.17, 15) is 0 Å². The normalized spacial score (nSPS) is 13.5. The Morgan fingerprint density at radius 2 is 2.29 bits per heavy atom. The molecule has 1 aromatic carbocycles. The van der Waals surface area contributed by atoms with Crippen molar-refractivity contribution in [2.24, 2.45) is 12.8 Å². The number of rotatable bonds is 2. The van der Waals surface area contributed by atoms with E-state index in [1.807, 2.05) is 19.4 Å². The van der Waals surface area contributed by atoms with Crippen molar-refractivity contribution in [2.75, 3.05) is 6.61 Å². The monoisotopic (exact) mass is 229 g/mol. The number of aromatic nitrogens is 2. The second kappa shape index (κ2) is 3.89. The Morgan fingerprint density at radius 3 is 3.00 bits per heavy atom. The van der Waals surface area contributed by atoms with E-state index in [1.165, 1.54) is 11.1 Å². The lowest BCUT2D eigenvalue weighted by molar-refractivity contribution is 0.353. The molecule has 2 aromatic rings. The molecule has 88 valence electrons. The van der Waals surface area contributed by atoms with Gasteiger partial charge in [-0.25, -0.2) is 0 Å². The van der Waals surface area contributed by atoms with Gasteiger partial charge in [0.2, 0.25) is 0 Å². The van der Waals surface area contributed by atoms with Crippen molar-refractivity contribution in [1.29, 1.82) is 0 Å².